The third-order valence-corrected chi connectivity index (χ3v) is 7.49. The second kappa shape index (κ2) is 13.5. The largest absolute Gasteiger partial charge is 0.496 e. The molecule has 7 nitrogen and oxygen atoms in total. The van der Waals surface area contributed by atoms with Gasteiger partial charge in [0.2, 0.25) is 5.91 Å². The smallest absolute Gasteiger partial charge is 0.418 e. The van der Waals surface area contributed by atoms with Crippen molar-refractivity contribution in [2.45, 2.75) is 58.2 Å². The van der Waals surface area contributed by atoms with E-state index in [0.717, 1.165) is 11.6 Å². The molecule has 1 aliphatic heterocycles. The highest BCUT2D eigenvalue weighted by Crippen LogP contribution is 2.40. The quantitative estimate of drug-likeness (QED) is 0.334. The number of piperazine rings is 1. The first-order valence-electron chi connectivity index (χ1n) is 13.3. The van der Waals surface area contributed by atoms with Gasteiger partial charge in [0.05, 0.1) is 34.3 Å². The molecule has 0 aromatic heterocycles. The molecule has 0 spiro atoms. The first-order chi connectivity index (χ1) is 19.1. The second-order valence-corrected chi connectivity index (χ2v) is 11.8. The standard InChI is InChI=1S/C29H36Cl2F3N3O4/c1-18-8-9-19(15-25(18)40-5)20(26(38)35-24-17-23(31)22(30)16-21(24)29(32,33)34)7-6-10-36-11-13-37(14-12-36)27(39)41-28(2,3)4/h8-9,15-17,20H,6-7,10-14H2,1-5H3,(H,35,38). The number of nitrogens with one attached hydrogen (secondary N) is 1. The van der Waals surface area contributed by atoms with Crippen LogP contribution in [0, 0.1) is 6.92 Å². The fraction of sp³-hybridized carbons (Fsp3) is 0.517. The number of rotatable bonds is 8. The first-order valence-corrected chi connectivity index (χ1v) is 14.1. The van der Waals surface area contributed by atoms with Crippen LogP contribution in [0.15, 0.2) is 30.3 Å². The van der Waals surface area contributed by atoms with Gasteiger partial charge in [-0.2, -0.15) is 13.2 Å². The molecule has 2 aromatic carbocycles. The molecule has 226 valence electrons. The molecule has 1 aliphatic rings. The lowest BCUT2D eigenvalue weighted by Gasteiger charge is -2.35. The highest BCUT2D eigenvalue weighted by Gasteiger charge is 2.36. The summed E-state index contributed by atoms with van der Waals surface area (Å²) < 4.78 is 52.1. The van der Waals surface area contributed by atoms with Crippen LogP contribution >= 0.6 is 23.2 Å². The van der Waals surface area contributed by atoms with Crippen LogP contribution in [0.3, 0.4) is 0 Å². The van der Waals surface area contributed by atoms with Gasteiger partial charge in [-0.25, -0.2) is 4.79 Å². The highest BCUT2D eigenvalue weighted by molar-refractivity contribution is 6.42. The van der Waals surface area contributed by atoms with E-state index in [-0.39, 0.29) is 16.1 Å². The average Bonchev–Trinajstić information content (AvgIpc) is 2.87. The van der Waals surface area contributed by atoms with E-state index in [2.05, 4.69) is 10.2 Å². The number of methoxy groups -OCH3 is 1. The van der Waals surface area contributed by atoms with E-state index in [1.54, 1.807) is 17.0 Å². The van der Waals surface area contributed by atoms with Gasteiger partial charge in [-0.1, -0.05) is 35.3 Å². The van der Waals surface area contributed by atoms with Crippen molar-refractivity contribution < 1.29 is 32.2 Å². The van der Waals surface area contributed by atoms with Crippen molar-refractivity contribution in [3.63, 3.8) is 0 Å². The number of hydrogen-bond donors (Lipinski definition) is 1. The van der Waals surface area contributed by atoms with Crippen molar-refractivity contribution in [3.05, 3.63) is 57.1 Å². The summed E-state index contributed by atoms with van der Waals surface area (Å²) in [5.74, 6) is -0.790. The summed E-state index contributed by atoms with van der Waals surface area (Å²) in [4.78, 5) is 29.7. The van der Waals surface area contributed by atoms with E-state index < -0.39 is 34.9 Å². The molecule has 1 heterocycles. The van der Waals surface area contributed by atoms with E-state index in [1.165, 1.54) is 7.11 Å². The molecule has 1 N–H and O–H groups in total. The number of carbonyl (C=O) groups excluding carboxylic acids is 2. The van der Waals surface area contributed by atoms with Crippen LogP contribution in [0.5, 0.6) is 5.75 Å². The molecule has 2 aromatic rings. The van der Waals surface area contributed by atoms with E-state index in [9.17, 15) is 22.8 Å². The molecular weight excluding hydrogens is 582 g/mol. The Morgan fingerprint density at radius 2 is 1.66 bits per heavy atom. The Morgan fingerprint density at radius 1 is 1.02 bits per heavy atom. The third-order valence-electron chi connectivity index (χ3n) is 6.77. The summed E-state index contributed by atoms with van der Waals surface area (Å²) in [6.45, 7) is 10.3. The van der Waals surface area contributed by atoms with Gasteiger partial charge in [0.25, 0.3) is 0 Å². The number of hydrogen-bond acceptors (Lipinski definition) is 5. The monoisotopic (exact) mass is 617 g/mol. The summed E-state index contributed by atoms with van der Waals surface area (Å²) in [5, 5.41) is 2.08. The lowest BCUT2D eigenvalue weighted by Crippen LogP contribution is -2.50. The second-order valence-electron chi connectivity index (χ2n) is 11.0. The Labute approximate surface area is 248 Å². The van der Waals surface area contributed by atoms with Gasteiger partial charge in [0.15, 0.2) is 0 Å². The third kappa shape index (κ3) is 9.15. The molecule has 3 rings (SSSR count). The number of ether oxygens (including phenoxy) is 2. The highest BCUT2D eigenvalue weighted by atomic mass is 35.5. The van der Waals surface area contributed by atoms with Crippen LogP contribution < -0.4 is 10.1 Å². The van der Waals surface area contributed by atoms with Gasteiger partial charge >= 0.3 is 12.3 Å². The predicted octanol–water partition coefficient (Wildman–Crippen LogP) is 7.38. The molecule has 1 atom stereocenters. The minimum Gasteiger partial charge on any atom is -0.496 e. The molecule has 0 bridgehead atoms. The minimum absolute atomic E-state index is 0.103. The zero-order valence-corrected chi connectivity index (χ0v) is 25.3. The molecule has 41 heavy (non-hydrogen) atoms. The fourth-order valence-corrected chi connectivity index (χ4v) is 4.93. The number of anilines is 1. The average molecular weight is 619 g/mol. The molecule has 12 heteroatoms. The molecule has 0 saturated carbocycles. The number of halogens is 5. The minimum atomic E-state index is -4.75. The molecule has 1 saturated heterocycles. The van der Waals surface area contributed by atoms with Gasteiger partial charge in [0, 0.05) is 26.2 Å². The maximum absolute atomic E-state index is 13.7. The summed E-state index contributed by atoms with van der Waals surface area (Å²) in [5.41, 5.74) is -0.626. The van der Waals surface area contributed by atoms with Crippen molar-refractivity contribution in [3.8, 4) is 5.75 Å². The maximum Gasteiger partial charge on any atom is 0.418 e. The van der Waals surface area contributed by atoms with Crippen LogP contribution in [0.1, 0.15) is 56.2 Å². The lowest BCUT2D eigenvalue weighted by atomic mass is 9.91. The summed E-state index contributed by atoms with van der Waals surface area (Å²) in [7, 11) is 1.52. The van der Waals surface area contributed by atoms with Gasteiger partial charge < -0.3 is 19.7 Å². The van der Waals surface area contributed by atoms with Gasteiger partial charge in [-0.3, -0.25) is 9.69 Å². The van der Waals surface area contributed by atoms with Crippen molar-refractivity contribution in [2.24, 2.45) is 0 Å². The van der Waals surface area contributed by atoms with E-state index in [4.69, 9.17) is 32.7 Å². The Balaban J connectivity index is 1.73. The number of carbonyl (C=O) groups is 2. The SMILES string of the molecule is COc1cc(C(CCCN2CCN(C(=O)OC(C)(C)C)CC2)C(=O)Nc2cc(Cl)c(Cl)cc2C(F)(F)F)ccc1C. The van der Waals surface area contributed by atoms with Crippen LogP contribution in [-0.4, -0.2) is 67.2 Å². The Hall–Kier alpha value is -2.69. The normalized spacial score (nSPS) is 15.4. The van der Waals surface area contributed by atoms with E-state index >= 15 is 0 Å². The van der Waals surface area contributed by atoms with Crippen LogP contribution in [0.25, 0.3) is 0 Å². The Bertz CT molecular complexity index is 1240. The van der Waals surface area contributed by atoms with Crippen molar-refractivity contribution in [1.82, 2.24) is 9.80 Å². The number of amides is 2. The van der Waals surface area contributed by atoms with Crippen LogP contribution in [0.2, 0.25) is 10.0 Å². The van der Waals surface area contributed by atoms with Gasteiger partial charge in [-0.05, 0) is 76.4 Å². The number of nitrogens with zero attached hydrogens (tertiary/aromatic N) is 2. The maximum atomic E-state index is 13.7. The summed E-state index contributed by atoms with van der Waals surface area (Å²) >= 11 is 11.8. The summed E-state index contributed by atoms with van der Waals surface area (Å²) in [6, 6.07) is 7.05. The van der Waals surface area contributed by atoms with Crippen LogP contribution in [0.4, 0.5) is 23.7 Å². The van der Waals surface area contributed by atoms with E-state index in [0.29, 0.717) is 62.9 Å². The Morgan fingerprint density at radius 3 is 2.24 bits per heavy atom. The molecule has 0 aliphatic carbocycles. The number of alkyl halides is 3. The Kier molecular flexibility index (Phi) is 10.8. The summed E-state index contributed by atoms with van der Waals surface area (Å²) in [6.07, 6.45) is -4.13. The van der Waals surface area contributed by atoms with Crippen molar-refractivity contribution in [1.29, 1.82) is 0 Å². The lowest BCUT2D eigenvalue weighted by molar-refractivity contribution is -0.137. The first kappa shape index (κ1) is 32.8. The molecule has 1 unspecified atom stereocenters. The van der Waals surface area contributed by atoms with Crippen molar-refractivity contribution >= 4 is 40.9 Å². The predicted molar refractivity (Wildman–Crippen MR) is 154 cm³/mol. The fourth-order valence-electron chi connectivity index (χ4n) is 4.61. The zero-order chi connectivity index (χ0) is 30.5. The van der Waals surface area contributed by atoms with Crippen molar-refractivity contribution in [2.75, 3.05) is 45.2 Å². The molecular formula is C29H36Cl2F3N3O4. The molecule has 0 radical (unpaired) electrons. The van der Waals surface area contributed by atoms with Gasteiger partial charge in [0.1, 0.15) is 11.4 Å². The van der Waals surface area contributed by atoms with Crippen LogP contribution in [-0.2, 0) is 15.7 Å². The van der Waals surface area contributed by atoms with E-state index in [1.807, 2.05) is 33.8 Å². The number of aryl methyl sites for hydroxylation is 1. The number of benzene rings is 2. The zero-order valence-electron chi connectivity index (χ0n) is 23.8. The van der Waals surface area contributed by atoms with Gasteiger partial charge in [-0.15, -0.1) is 0 Å². The molecule has 2 amide bonds. The molecule has 1 fully saturated rings. The topological polar surface area (TPSA) is 71.1 Å².